The Balaban J connectivity index is 1.82. The van der Waals surface area contributed by atoms with Crippen molar-refractivity contribution in [3.63, 3.8) is 0 Å². The van der Waals surface area contributed by atoms with Crippen molar-refractivity contribution in [3.8, 4) is 0 Å². The van der Waals surface area contributed by atoms with E-state index in [1.807, 2.05) is 0 Å². The third-order valence-electron chi connectivity index (χ3n) is 6.63. The molecule has 0 saturated heterocycles. The van der Waals surface area contributed by atoms with Crippen LogP contribution in [0.15, 0.2) is 36.9 Å². The maximum atomic E-state index is 4.11. The van der Waals surface area contributed by atoms with Gasteiger partial charge in [0.1, 0.15) is 0 Å². The van der Waals surface area contributed by atoms with E-state index >= 15 is 0 Å². The maximum absolute atomic E-state index is 4.11. The average molecular weight is 266 g/mol. The van der Waals surface area contributed by atoms with Gasteiger partial charge in [0, 0.05) is 5.41 Å². The Morgan fingerprint density at radius 3 is 2.30 bits per heavy atom. The molecule has 0 radical (unpaired) electrons. The first-order valence-corrected chi connectivity index (χ1v) is 8.40. The molecule has 0 aliphatic heterocycles. The molecule has 5 rings (SSSR count). The molecule has 4 saturated carbocycles. The van der Waals surface area contributed by atoms with Gasteiger partial charge in [-0.2, -0.15) is 0 Å². The van der Waals surface area contributed by atoms with Gasteiger partial charge < -0.3 is 0 Å². The van der Waals surface area contributed by atoms with E-state index in [1.54, 1.807) is 5.56 Å². The molecule has 4 fully saturated rings. The summed E-state index contributed by atoms with van der Waals surface area (Å²) in [5.74, 6) is 3.91. The Kier molecular flexibility index (Phi) is 2.84. The molecule has 0 unspecified atom stereocenters. The lowest BCUT2D eigenvalue weighted by Crippen LogP contribution is -2.55. The average Bonchev–Trinajstić information content (AvgIpc) is 2.42. The molecule has 0 spiro atoms. The highest BCUT2D eigenvalue weighted by Gasteiger charge is 2.56. The minimum atomic E-state index is 0.418. The normalized spacial score (nSPS) is 41.9. The van der Waals surface area contributed by atoms with Crippen LogP contribution in [0.4, 0.5) is 0 Å². The number of benzene rings is 1. The fraction of sp³-hybridized carbons (Fsp3) is 0.600. The molecule has 4 aliphatic rings. The van der Waals surface area contributed by atoms with Gasteiger partial charge in [-0.15, -0.1) is 6.58 Å². The summed E-state index contributed by atoms with van der Waals surface area (Å²) >= 11 is 0. The number of hydrogen-bond donors (Lipinski definition) is 0. The summed E-state index contributed by atoms with van der Waals surface area (Å²) in [5, 5.41) is 0. The Bertz CT molecular complexity index is 497. The highest BCUT2D eigenvalue weighted by Crippen LogP contribution is 2.64. The SMILES string of the molecule is C=CCC1(c2cccc(C)c2)C2CC3CC(C2)CC1C3. The van der Waals surface area contributed by atoms with Crippen LogP contribution in [0, 0.1) is 30.6 Å². The van der Waals surface area contributed by atoms with Gasteiger partial charge in [0.25, 0.3) is 0 Å². The Labute approximate surface area is 123 Å². The molecule has 0 aromatic heterocycles. The quantitative estimate of drug-likeness (QED) is 0.654. The lowest BCUT2D eigenvalue weighted by Gasteiger charge is -2.61. The van der Waals surface area contributed by atoms with E-state index in [4.69, 9.17) is 0 Å². The monoisotopic (exact) mass is 266 g/mol. The molecular weight excluding hydrogens is 240 g/mol. The first kappa shape index (κ1) is 12.7. The van der Waals surface area contributed by atoms with Crippen molar-refractivity contribution < 1.29 is 0 Å². The van der Waals surface area contributed by atoms with Crippen LogP contribution in [0.1, 0.15) is 49.7 Å². The lowest BCUT2D eigenvalue weighted by molar-refractivity contribution is -0.0598. The fourth-order valence-corrected chi connectivity index (χ4v) is 6.12. The summed E-state index contributed by atoms with van der Waals surface area (Å²) in [5.41, 5.74) is 3.45. The Morgan fingerprint density at radius 1 is 1.10 bits per heavy atom. The molecule has 4 aliphatic carbocycles. The van der Waals surface area contributed by atoms with Crippen LogP contribution in [-0.2, 0) is 5.41 Å². The van der Waals surface area contributed by atoms with Gasteiger partial charge in [0.15, 0.2) is 0 Å². The van der Waals surface area contributed by atoms with E-state index in [-0.39, 0.29) is 0 Å². The highest BCUT2D eigenvalue weighted by molar-refractivity contribution is 5.34. The summed E-state index contributed by atoms with van der Waals surface area (Å²) < 4.78 is 0. The predicted molar refractivity (Wildman–Crippen MR) is 84.7 cm³/mol. The number of allylic oxidation sites excluding steroid dienone is 1. The fourth-order valence-electron chi connectivity index (χ4n) is 6.12. The van der Waals surface area contributed by atoms with E-state index in [2.05, 4.69) is 43.8 Å². The first-order valence-electron chi connectivity index (χ1n) is 8.40. The second-order valence-corrected chi connectivity index (χ2v) is 7.71. The minimum absolute atomic E-state index is 0.418. The largest absolute Gasteiger partial charge is 0.103 e. The molecular formula is C20H26. The minimum Gasteiger partial charge on any atom is -0.103 e. The van der Waals surface area contributed by atoms with E-state index < -0.39 is 0 Å². The topological polar surface area (TPSA) is 0 Å². The Hall–Kier alpha value is -1.04. The van der Waals surface area contributed by atoms with Crippen molar-refractivity contribution in [3.05, 3.63) is 48.0 Å². The zero-order valence-corrected chi connectivity index (χ0v) is 12.6. The van der Waals surface area contributed by atoms with Crippen molar-refractivity contribution in [2.24, 2.45) is 23.7 Å². The van der Waals surface area contributed by atoms with Crippen molar-refractivity contribution in [1.29, 1.82) is 0 Å². The Morgan fingerprint density at radius 2 is 1.75 bits per heavy atom. The number of hydrogen-bond acceptors (Lipinski definition) is 0. The van der Waals surface area contributed by atoms with Gasteiger partial charge in [-0.1, -0.05) is 35.9 Å². The van der Waals surface area contributed by atoms with Gasteiger partial charge in [-0.25, -0.2) is 0 Å². The zero-order valence-electron chi connectivity index (χ0n) is 12.6. The van der Waals surface area contributed by atoms with Gasteiger partial charge in [0.2, 0.25) is 0 Å². The third-order valence-corrected chi connectivity index (χ3v) is 6.63. The summed E-state index contributed by atoms with van der Waals surface area (Å²) in [6.45, 7) is 6.34. The molecule has 1 aromatic carbocycles. The number of rotatable bonds is 3. The first-order chi connectivity index (χ1) is 9.72. The van der Waals surface area contributed by atoms with Crippen molar-refractivity contribution in [2.45, 2.75) is 50.9 Å². The molecule has 106 valence electrons. The lowest BCUT2D eigenvalue weighted by atomic mass is 9.43. The molecule has 0 heterocycles. The van der Waals surface area contributed by atoms with Crippen LogP contribution in [0.5, 0.6) is 0 Å². The standard InChI is InChI=1S/C20H26/c1-3-7-20(17-6-4-5-14(2)8-17)18-10-15-9-16(12-18)13-19(20)11-15/h3-6,8,15-16,18-19H,1,7,9-13H2,2H3. The van der Waals surface area contributed by atoms with Crippen molar-refractivity contribution >= 4 is 0 Å². The second kappa shape index (κ2) is 4.48. The molecule has 4 bridgehead atoms. The van der Waals surface area contributed by atoms with Crippen molar-refractivity contribution in [1.82, 2.24) is 0 Å². The van der Waals surface area contributed by atoms with E-state index in [0.29, 0.717) is 5.41 Å². The van der Waals surface area contributed by atoms with E-state index in [1.165, 1.54) is 44.1 Å². The summed E-state index contributed by atoms with van der Waals surface area (Å²) in [6.07, 6.45) is 10.8. The molecule has 0 atom stereocenters. The summed E-state index contributed by atoms with van der Waals surface area (Å²) in [6, 6.07) is 9.37. The highest BCUT2D eigenvalue weighted by atomic mass is 14.6. The van der Waals surface area contributed by atoms with Gasteiger partial charge >= 0.3 is 0 Å². The summed E-state index contributed by atoms with van der Waals surface area (Å²) in [7, 11) is 0. The summed E-state index contributed by atoms with van der Waals surface area (Å²) in [4.78, 5) is 0. The van der Waals surface area contributed by atoms with Crippen LogP contribution >= 0.6 is 0 Å². The van der Waals surface area contributed by atoms with Gasteiger partial charge in [-0.05, 0) is 74.7 Å². The molecule has 0 heteroatoms. The van der Waals surface area contributed by atoms with E-state index in [0.717, 1.165) is 23.7 Å². The molecule has 0 amide bonds. The number of aryl methyl sites for hydroxylation is 1. The van der Waals surface area contributed by atoms with Crippen LogP contribution in [0.3, 0.4) is 0 Å². The van der Waals surface area contributed by atoms with Crippen LogP contribution in [0.25, 0.3) is 0 Å². The molecule has 0 N–H and O–H groups in total. The van der Waals surface area contributed by atoms with Crippen LogP contribution < -0.4 is 0 Å². The van der Waals surface area contributed by atoms with Crippen LogP contribution in [0.2, 0.25) is 0 Å². The smallest absolute Gasteiger partial charge is 0.00443 e. The predicted octanol–water partition coefficient (Wildman–Crippen LogP) is 5.27. The third kappa shape index (κ3) is 1.66. The van der Waals surface area contributed by atoms with Crippen molar-refractivity contribution in [2.75, 3.05) is 0 Å². The van der Waals surface area contributed by atoms with E-state index in [9.17, 15) is 0 Å². The molecule has 20 heavy (non-hydrogen) atoms. The maximum Gasteiger partial charge on any atom is 0.00443 e. The van der Waals surface area contributed by atoms with Crippen LogP contribution in [-0.4, -0.2) is 0 Å². The second-order valence-electron chi connectivity index (χ2n) is 7.71. The van der Waals surface area contributed by atoms with Gasteiger partial charge in [-0.3, -0.25) is 0 Å². The van der Waals surface area contributed by atoms with Gasteiger partial charge in [0.05, 0.1) is 0 Å². The zero-order chi connectivity index (χ0) is 13.7. The molecule has 1 aromatic rings. The molecule has 0 nitrogen and oxygen atoms in total.